The number of urea groups is 1. The third-order valence-electron chi connectivity index (χ3n) is 3.23. The fourth-order valence-electron chi connectivity index (χ4n) is 1.83. The van der Waals surface area contributed by atoms with Crippen molar-refractivity contribution < 1.29 is 9.59 Å². The van der Waals surface area contributed by atoms with Gasteiger partial charge in [0.1, 0.15) is 0 Å². The molecule has 0 aliphatic heterocycles. The van der Waals surface area contributed by atoms with Crippen molar-refractivity contribution in [2.75, 3.05) is 39.0 Å². The number of nitrogens with one attached hydrogen (secondary N) is 3. The third kappa shape index (κ3) is 6.58. The fourth-order valence-corrected chi connectivity index (χ4v) is 1.83. The van der Waals surface area contributed by atoms with Gasteiger partial charge in [-0.25, -0.2) is 4.79 Å². The van der Waals surface area contributed by atoms with Gasteiger partial charge in [-0.2, -0.15) is 0 Å². The number of carbonyl (C=O) groups excluding carboxylic acids is 2. The van der Waals surface area contributed by atoms with Crippen LogP contribution in [0.1, 0.15) is 18.9 Å². The standard InChI is InChI=1S/C16H26N4O2/c1-4-9-18-16(22)19-14-7-5-13(6-8-14)12-15(21)20(3)11-10-17-2/h5-8,17H,4,9-12H2,1-3H3,(H2,18,19,22). The molecule has 0 heterocycles. The first-order valence-corrected chi connectivity index (χ1v) is 7.59. The highest BCUT2D eigenvalue weighted by molar-refractivity contribution is 5.89. The Bertz CT molecular complexity index is 474. The van der Waals surface area contributed by atoms with Crippen molar-refractivity contribution in [2.45, 2.75) is 19.8 Å². The molecule has 0 aliphatic carbocycles. The minimum atomic E-state index is -0.211. The van der Waals surface area contributed by atoms with Crippen LogP contribution < -0.4 is 16.0 Å². The highest BCUT2D eigenvalue weighted by Crippen LogP contribution is 2.10. The van der Waals surface area contributed by atoms with Crippen molar-refractivity contribution in [1.29, 1.82) is 0 Å². The molecule has 0 saturated heterocycles. The first-order chi connectivity index (χ1) is 10.6. The Balaban J connectivity index is 2.47. The van der Waals surface area contributed by atoms with Gasteiger partial charge in [0.25, 0.3) is 0 Å². The van der Waals surface area contributed by atoms with E-state index in [1.807, 2.05) is 38.2 Å². The van der Waals surface area contributed by atoms with Crippen LogP contribution in [0.4, 0.5) is 10.5 Å². The van der Waals surface area contributed by atoms with Crippen molar-refractivity contribution in [3.8, 4) is 0 Å². The van der Waals surface area contributed by atoms with Gasteiger partial charge in [0.15, 0.2) is 0 Å². The number of likely N-dealkylation sites (N-methyl/N-ethyl adjacent to an activating group) is 2. The van der Waals surface area contributed by atoms with Crippen molar-refractivity contribution in [2.24, 2.45) is 0 Å². The predicted molar refractivity (Wildman–Crippen MR) is 89.0 cm³/mol. The topological polar surface area (TPSA) is 73.5 Å². The van der Waals surface area contributed by atoms with Crippen molar-refractivity contribution in [3.63, 3.8) is 0 Å². The Morgan fingerprint density at radius 1 is 1.14 bits per heavy atom. The van der Waals surface area contributed by atoms with Gasteiger partial charge in [0.2, 0.25) is 5.91 Å². The second kappa shape index (κ2) is 9.78. The average molecular weight is 306 g/mol. The molecule has 1 aromatic rings. The molecule has 1 aromatic carbocycles. The summed E-state index contributed by atoms with van der Waals surface area (Å²) in [5, 5.41) is 8.52. The first kappa shape index (κ1) is 18.0. The number of nitrogens with zero attached hydrogens (tertiary/aromatic N) is 1. The summed E-state index contributed by atoms with van der Waals surface area (Å²) in [4.78, 5) is 25.3. The number of carbonyl (C=O) groups is 2. The quantitative estimate of drug-likeness (QED) is 0.680. The van der Waals surface area contributed by atoms with Gasteiger partial charge >= 0.3 is 6.03 Å². The van der Waals surface area contributed by atoms with Gasteiger partial charge in [-0.1, -0.05) is 19.1 Å². The molecule has 0 bridgehead atoms. The normalized spacial score (nSPS) is 10.1. The highest BCUT2D eigenvalue weighted by atomic mass is 16.2. The van der Waals surface area contributed by atoms with E-state index in [1.54, 1.807) is 11.9 Å². The minimum Gasteiger partial charge on any atom is -0.344 e. The molecule has 3 amide bonds. The van der Waals surface area contributed by atoms with Gasteiger partial charge in [0, 0.05) is 32.4 Å². The van der Waals surface area contributed by atoms with E-state index >= 15 is 0 Å². The second-order valence-electron chi connectivity index (χ2n) is 5.17. The van der Waals surface area contributed by atoms with Gasteiger partial charge < -0.3 is 20.9 Å². The molecule has 0 unspecified atom stereocenters. The number of rotatable bonds is 8. The van der Waals surface area contributed by atoms with Crippen LogP contribution in [-0.4, -0.2) is 50.6 Å². The molecule has 122 valence electrons. The molecule has 0 spiro atoms. The number of hydrogen-bond donors (Lipinski definition) is 3. The number of amides is 3. The van der Waals surface area contributed by atoms with E-state index in [9.17, 15) is 9.59 Å². The molecule has 0 aliphatic rings. The van der Waals surface area contributed by atoms with Crippen molar-refractivity contribution >= 4 is 17.6 Å². The molecule has 0 aromatic heterocycles. The highest BCUT2D eigenvalue weighted by Gasteiger charge is 2.09. The zero-order valence-corrected chi connectivity index (χ0v) is 13.6. The summed E-state index contributed by atoms with van der Waals surface area (Å²) in [6.45, 7) is 4.11. The first-order valence-electron chi connectivity index (χ1n) is 7.59. The maximum absolute atomic E-state index is 12.0. The van der Waals surface area contributed by atoms with E-state index in [-0.39, 0.29) is 11.9 Å². The molecule has 0 saturated carbocycles. The van der Waals surface area contributed by atoms with Crippen LogP contribution in [0.3, 0.4) is 0 Å². The lowest BCUT2D eigenvalue weighted by atomic mass is 10.1. The maximum Gasteiger partial charge on any atom is 0.319 e. The smallest absolute Gasteiger partial charge is 0.319 e. The summed E-state index contributed by atoms with van der Waals surface area (Å²) < 4.78 is 0. The Labute approximate surface area is 132 Å². The van der Waals surface area contributed by atoms with Crippen LogP contribution in [0.15, 0.2) is 24.3 Å². The Morgan fingerprint density at radius 2 is 1.82 bits per heavy atom. The maximum atomic E-state index is 12.0. The molecule has 0 radical (unpaired) electrons. The lowest BCUT2D eigenvalue weighted by Crippen LogP contribution is -2.33. The third-order valence-corrected chi connectivity index (χ3v) is 3.23. The number of hydrogen-bond acceptors (Lipinski definition) is 3. The molecule has 1 rings (SSSR count). The molecule has 0 atom stereocenters. The van der Waals surface area contributed by atoms with E-state index in [2.05, 4.69) is 16.0 Å². The molecule has 3 N–H and O–H groups in total. The Hall–Kier alpha value is -2.08. The SMILES string of the molecule is CCCNC(=O)Nc1ccc(CC(=O)N(C)CCNC)cc1. The summed E-state index contributed by atoms with van der Waals surface area (Å²) in [6, 6.07) is 7.12. The van der Waals surface area contributed by atoms with Crippen LogP contribution in [0, 0.1) is 0 Å². The van der Waals surface area contributed by atoms with Crippen LogP contribution in [0.25, 0.3) is 0 Å². The second-order valence-corrected chi connectivity index (χ2v) is 5.17. The van der Waals surface area contributed by atoms with Crippen molar-refractivity contribution in [1.82, 2.24) is 15.5 Å². The predicted octanol–water partition coefficient (Wildman–Crippen LogP) is 1.44. The van der Waals surface area contributed by atoms with Crippen LogP contribution in [0.5, 0.6) is 0 Å². The van der Waals surface area contributed by atoms with Gasteiger partial charge in [-0.15, -0.1) is 0 Å². The number of benzene rings is 1. The van der Waals surface area contributed by atoms with Crippen LogP contribution in [-0.2, 0) is 11.2 Å². The monoisotopic (exact) mass is 306 g/mol. The van der Waals surface area contributed by atoms with Crippen molar-refractivity contribution in [3.05, 3.63) is 29.8 Å². The van der Waals surface area contributed by atoms with Crippen LogP contribution >= 0.6 is 0 Å². The molecule has 0 fully saturated rings. The van der Waals surface area contributed by atoms with Gasteiger partial charge in [0.05, 0.1) is 6.42 Å². The number of anilines is 1. The summed E-state index contributed by atoms with van der Waals surface area (Å²) >= 11 is 0. The molecule has 22 heavy (non-hydrogen) atoms. The largest absolute Gasteiger partial charge is 0.344 e. The van der Waals surface area contributed by atoms with E-state index in [0.717, 1.165) is 18.5 Å². The van der Waals surface area contributed by atoms with Gasteiger partial charge in [-0.05, 0) is 31.2 Å². The van der Waals surface area contributed by atoms with E-state index in [4.69, 9.17) is 0 Å². The lowest BCUT2D eigenvalue weighted by Gasteiger charge is -2.17. The molecule has 6 heteroatoms. The van der Waals surface area contributed by atoms with Gasteiger partial charge in [-0.3, -0.25) is 4.79 Å². The lowest BCUT2D eigenvalue weighted by molar-refractivity contribution is -0.129. The summed E-state index contributed by atoms with van der Waals surface area (Å²) in [5.74, 6) is 0.0802. The summed E-state index contributed by atoms with van der Waals surface area (Å²) in [7, 11) is 3.66. The average Bonchev–Trinajstić information content (AvgIpc) is 2.52. The zero-order chi connectivity index (χ0) is 16.4. The molecular formula is C16H26N4O2. The Morgan fingerprint density at radius 3 is 2.41 bits per heavy atom. The van der Waals surface area contributed by atoms with Crippen LogP contribution in [0.2, 0.25) is 0 Å². The van der Waals surface area contributed by atoms with E-state index < -0.39 is 0 Å². The Kier molecular flexibility index (Phi) is 7.99. The minimum absolute atomic E-state index is 0.0802. The fraction of sp³-hybridized carbons (Fsp3) is 0.500. The molecule has 6 nitrogen and oxygen atoms in total. The zero-order valence-electron chi connectivity index (χ0n) is 13.6. The summed E-state index contributed by atoms with van der Waals surface area (Å²) in [5.41, 5.74) is 1.65. The summed E-state index contributed by atoms with van der Waals surface area (Å²) in [6.07, 6.45) is 1.26. The molecular weight excluding hydrogens is 280 g/mol. The van der Waals surface area contributed by atoms with E-state index in [0.29, 0.717) is 25.2 Å². The van der Waals surface area contributed by atoms with E-state index in [1.165, 1.54) is 0 Å².